The first-order valence-corrected chi connectivity index (χ1v) is 5.52. The molecule has 0 saturated heterocycles. The van der Waals surface area contributed by atoms with Crippen LogP contribution in [-0.2, 0) is 0 Å². The smallest absolute Gasteiger partial charge is 0.195 e. The van der Waals surface area contributed by atoms with Gasteiger partial charge in [0.25, 0.3) is 0 Å². The van der Waals surface area contributed by atoms with E-state index in [1.165, 1.54) is 23.5 Å². The Morgan fingerprint density at radius 2 is 2.13 bits per heavy atom. The van der Waals surface area contributed by atoms with Crippen molar-refractivity contribution in [2.24, 2.45) is 0 Å². The molecule has 2 rings (SSSR count). The second-order valence-corrected chi connectivity index (χ2v) is 4.15. The van der Waals surface area contributed by atoms with Crippen molar-refractivity contribution in [1.29, 1.82) is 0 Å². The largest absolute Gasteiger partial charge is 0.289 e. The Balaban J connectivity index is 2.46. The van der Waals surface area contributed by atoms with Crippen molar-refractivity contribution in [3.63, 3.8) is 0 Å². The summed E-state index contributed by atoms with van der Waals surface area (Å²) in [5, 5.41) is 3.77. The lowest BCUT2D eigenvalue weighted by Crippen LogP contribution is -2.01. The Labute approximate surface area is 95.1 Å². The number of hydrogen-bond donors (Lipinski definition) is 0. The minimum Gasteiger partial charge on any atom is -0.289 e. The molecule has 2 aromatic rings. The van der Waals surface area contributed by atoms with Gasteiger partial charge in [-0.2, -0.15) is 11.3 Å². The highest BCUT2D eigenvalue weighted by atomic mass is 35.5. The summed E-state index contributed by atoms with van der Waals surface area (Å²) >= 11 is 7.24. The van der Waals surface area contributed by atoms with E-state index in [0.29, 0.717) is 5.56 Å². The number of rotatable bonds is 2. The minimum absolute atomic E-state index is 0.204. The molecule has 1 nitrogen and oxygen atoms in total. The van der Waals surface area contributed by atoms with Gasteiger partial charge in [-0.25, -0.2) is 4.39 Å². The normalized spacial score (nSPS) is 10.3. The maximum Gasteiger partial charge on any atom is 0.195 e. The minimum atomic E-state index is -0.460. The van der Waals surface area contributed by atoms with Crippen molar-refractivity contribution in [2.75, 3.05) is 0 Å². The summed E-state index contributed by atoms with van der Waals surface area (Å²) in [5.74, 6) is -0.710. The second-order valence-electron chi connectivity index (χ2n) is 2.97. The molecule has 4 heteroatoms. The second kappa shape index (κ2) is 4.13. The van der Waals surface area contributed by atoms with E-state index in [9.17, 15) is 9.18 Å². The summed E-state index contributed by atoms with van der Waals surface area (Å²) in [6.07, 6.45) is 0. The molecule has 0 radical (unpaired) electrons. The molecule has 1 heterocycles. The topological polar surface area (TPSA) is 17.1 Å². The molecule has 15 heavy (non-hydrogen) atoms. The number of halogens is 2. The average molecular weight is 241 g/mol. The Hall–Kier alpha value is -1.19. The molecule has 0 saturated carbocycles. The summed E-state index contributed by atoms with van der Waals surface area (Å²) in [7, 11) is 0. The van der Waals surface area contributed by atoms with Crippen molar-refractivity contribution < 1.29 is 9.18 Å². The predicted octanol–water partition coefficient (Wildman–Crippen LogP) is 3.77. The summed E-state index contributed by atoms with van der Waals surface area (Å²) < 4.78 is 12.9. The Morgan fingerprint density at radius 1 is 1.33 bits per heavy atom. The first-order valence-electron chi connectivity index (χ1n) is 4.20. The van der Waals surface area contributed by atoms with Crippen LogP contribution >= 0.6 is 22.9 Å². The van der Waals surface area contributed by atoms with Gasteiger partial charge in [-0.15, -0.1) is 0 Å². The van der Waals surface area contributed by atoms with Gasteiger partial charge in [0.05, 0.1) is 5.02 Å². The number of hydrogen-bond acceptors (Lipinski definition) is 2. The van der Waals surface area contributed by atoms with Crippen LogP contribution in [0.2, 0.25) is 5.02 Å². The highest BCUT2D eigenvalue weighted by Crippen LogP contribution is 2.21. The van der Waals surface area contributed by atoms with Crippen LogP contribution in [0.1, 0.15) is 15.9 Å². The predicted molar refractivity (Wildman–Crippen MR) is 59.2 cm³/mol. The van der Waals surface area contributed by atoms with Crippen molar-refractivity contribution in [3.8, 4) is 0 Å². The molecule has 0 aliphatic rings. The average Bonchev–Trinajstić information content (AvgIpc) is 2.74. The third-order valence-corrected chi connectivity index (χ3v) is 2.97. The number of thiophene rings is 1. The molecule has 1 aromatic heterocycles. The maximum atomic E-state index is 12.9. The lowest BCUT2D eigenvalue weighted by atomic mass is 10.1. The van der Waals surface area contributed by atoms with E-state index in [1.54, 1.807) is 16.8 Å². The van der Waals surface area contributed by atoms with Crippen molar-refractivity contribution in [1.82, 2.24) is 0 Å². The molecule has 0 aliphatic heterocycles. The van der Waals surface area contributed by atoms with Gasteiger partial charge in [-0.1, -0.05) is 11.6 Å². The third kappa shape index (κ3) is 2.08. The quantitative estimate of drug-likeness (QED) is 0.731. The lowest BCUT2D eigenvalue weighted by Gasteiger charge is -2.01. The van der Waals surface area contributed by atoms with Gasteiger partial charge in [0.15, 0.2) is 5.78 Å². The van der Waals surface area contributed by atoms with E-state index in [-0.39, 0.29) is 16.4 Å². The molecule has 0 spiro atoms. The van der Waals surface area contributed by atoms with Gasteiger partial charge >= 0.3 is 0 Å². The number of benzene rings is 1. The highest BCUT2D eigenvalue weighted by molar-refractivity contribution is 7.08. The van der Waals surface area contributed by atoms with Gasteiger partial charge in [-0.05, 0) is 29.6 Å². The van der Waals surface area contributed by atoms with Crippen LogP contribution in [0, 0.1) is 5.82 Å². The van der Waals surface area contributed by atoms with E-state index in [0.717, 1.165) is 6.07 Å². The zero-order valence-corrected chi connectivity index (χ0v) is 9.11. The highest BCUT2D eigenvalue weighted by Gasteiger charge is 2.13. The molecule has 0 amide bonds. The van der Waals surface area contributed by atoms with Gasteiger partial charge in [0.2, 0.25) is 0 Å². The Bertz CT molecular complexity index is 493. The zero-order chi connectivity index (χ0) is 10.8. The van der Waals surface area contributed by atoms with E-state index in [4.69, 9.17) is 11.6 Å². The summed E-state index contributed by atoms with van der Waals surface area (Å²) in [5.41, 5.74) is 0.738. The van der Waals surface area contributed by atoms with E-state index < -0.39 is 5.82 Å². The van der Waals surface area contributed by atoms with Crippen LogP contribution in [0.5, 0.6) is 0 Å². The first kappa shape index (κ1) is 10.3. The van der Waals surface area contributed by atoms with Crippen LogP contribution < -0.4 is 0 Å². The fraction of sp³-hybridized carbons (Fsp3) is 0. The van der Waals surface area contributed by atoms with Gasteiger partial charge in [0.1, 0.15) is 5.82 Å². The van der Waals surface area contributed by atoms with Crippen LogP contribution in [0.3, 0.4) is 0 Å². The van der Waals surface area contributed by atoms with E-state index >= 15 is 0 Å². The zero-order valence-electron chi connectivity index (χ0n) is 7.54. The van der Waals surface area contributed by atoms with Crippen molar-refractivity contribution in [3.05, 3.63) is 57.0 Å². The van der Waals surface area contributed by atoms with E-state index in [1.807, 2.05) is 0 Å². The standard InChI is InChI=1S/C11H6ClFOS/c12-10-2-1-8(13)5-9(10)11(14)7-3-4-15-6-7/h1-6H. The van der Waals surface area contributed by atoms with E-state index in [2.05, 4.69) is 0 Å². The van der Waals surface area contributed by atoms with Crippen LogP contribution in [-0.4, -0.2) is 5.78 Å². The molecule has 76 valence electrons. The molecule has 0 N–H and O–H groups in total. The maximum absolute atomic E-state index is 12.9. The number of carbonyl (C=O) groups excluding carboxylic acids is 1. The summed E-state index contributed by atoms with van der Waals surface area (Å²) in [6, 6.07) is 5.46. The Kier molecular flexibility index (Phi) is 2.84. The van der Waals surface area contributed by atoms with Crippen LogP contribution in [0.4, 0.5) is 4.39 Å². The molecule has 0 aliphatic carbocycles. The van der Waals surface area contributed by atoms with Crippen LogP contribution in [0.15, 0.2) is 35.0 Å². The number of ketones is 1. The fourth-order valence-electron chi connectivity index (χ4n) is 1.22. The number of carbonyl (C=O) groups is 1. The molecule has 0 fully saturated rings. The van der Waals surface area contributed by atoms with Crippen molar-refractivity contribution >= 4 is 28.7 Å². The SMILES string of the molecule is O=C(c1ccsc1)c1cc(F)ccc1Cl. The lowest BCUT2D eigenvalue weighted by molar-refractivity contribution is 0.103. The molecular weight excluding hydrogens is 235 g/mol. The first-order chi connectivity index (χ1) is 7.18. The molecule has 0 bridgehead atoms. The summed E-state index contributed by atoms with van der Waals surface area (Å²) in [4.78, 5) is 11.8. The van der Waals surface area contributed by atoms with Gasteiger partial charge < -0.3 is 0 Å². The van der Waals surface area contributed by atoms with Gasteiger partial charge in [0, 0.05) is 16.5 Å². The Morgan fingerprint density at radius 3 is 2.80 bits per heavy atom. The fourth-order valence-corrected chi connectivity index (χ4v) is 2.06. The molecular formula is C11H6ClFOS. The van der Waals surface area contributed by atoms with Gasteiger partial charge in [-0.3, -0.25) is 4.79 Å². The molecule has 0 atom stereocenters. The molecule has 0 unspecified atom stereocenters. The monoisotopic (exact) mass is 240 g/mol. The van der Waals surface area contributed by atoms with Crippen LogP contribution in [0.25, 0.3) is 0 Å². The molecule has 1 aromatic carbocycles. The van der Waals surface area contributed by atoms with Crippen molar-refractivity contribution in [2.45, 2.75) is 0 Å². The third-order valence-electron chi connectivity index (χ3n) is 1.96. The summed E-state index contributed by atoms with van der Waals surface area (Å²) in [6.45, 7) is 0.